The van der Waals surface area contributed by atoms with E-state index in [0.29, 0.717) is 6.04 Å². The highest BCUT2D eigenvalue weighted by atomic mass is 16.5. The van der Waals surface area contributed by atoms with Crippen molar-refractivity contribution in [3.63, 3.8) is 0 Å². The molecular weight excluding hydrogens is 326 g/mol. The zero-order chi connectivity index (χ0) is 18.1. The van der Waals surface area contributed by atoms with Gasteiger partial charge in [-0.2, -0.15) is 5.10 Å². The van der Waals surface area contributed by atoms with E-state index in [1.807, 2.05) is 16.9 Å². The molecule has 26 heavy (non-hydrogen) atoms. The van der Waals surface area contributed by atoms with Crippen molar-refractivity contribution < 1.29 is 4.74 Å². The minimum Gasteiger partial charge on any atom is -0.380 e. The van der Waals surface area contributed by atoms with Crippen LogP contribution in [0.25, 0.3) is 5.52 Å². The van der Waals surface area contributed by atoms with E-state index in [0.717, 1.165) is 56.3 Å². The summed E-state index contributed by atoms with van der Waals surface area (Å²) in [6.07, 6.45) is 7.39. The van der Waals surface area contributed by atoms with Gasteiger partial charge in [0.05, 0.1) is 12.3 Å². The third-order valence-electron chi connectivity index (χ3n) is 5.68. The van der Waals surface area contributed by atoms with Gasteiger partial charge in [-0.25, -0.2) is 9.50 Å². The minimum atomic E-state index is 0.0468. The standard InChI is InChI=1S/C20H31N5O/c1-20(2,3)18-15-17-19(21-7-11-25(17)22-18)24-9-5-16(6-10-24)23-8-4-13-26-14-12-23/h7,11,15-16H,4-6,8-10,12-14H2,1-3H3. The van der Waals surface area contributed by atoms with Crippen LogP contribution in [-0.2, 0) is 10.2 Å². The van der Waals surface area contributed by atoms with E-state index < -0.39 is 0 Å². The molecule has 2 aromatic rings. The Kier molecular flexibility index (Phi) is 4.88. The van der Waals surface area contributed by atoms with E-state index >= 15 is 0 Å². The Balaban J connectivity index is 1.49. The van der Waals surface area contributed by atoms with Crippen LogP contribution in [-0.4, -0.2) is 64.9 Å². The van der Waals surface area contributed by atoms with Crippen molar-refractivity contribution in [2.24, 2.45) is 0 Å². The molecule has 0 radical (unpaired) electrons. The second-order valence-electron chi connectivity index (χ2n) is 8.58. The predicted molar refractivity (Wildman–Crippen MR) is 104 cm³/mol. The number of nitrogens with zero attached hydrogens (tertiary/aromatic N) is 5. The van der Waals surface area contributed by atoms with Gasteiger partial charge < -0.3 is 9.64 Å². The molecule has 2 aliphatic heterocycles. The monoisotopic (exact) mass is 357 g/mol. The number of fused-ring (bicyclic) bond motifs is 1. The molecule has 0 spiro atoms. The third-order valence-corrected chi connectivity index (χ3v) is 5.68. The fourth-order valence-corrected chi connectivity index (χ4v) is 4.09. The molecule has 0 atom stereocenters. The highest BCUT2D eigenvalue weighted by Gasteiger charge is 2.27. The summed E-state index contributed by atoms with van der Waals surface area (Å²) >= 11 is 0. The first-order valence-electron chi connectivity index (χ1n) is 9.94. The number of piperidine rings is 1. The minimum absolute atomic E-state index is 0.0468. The summed E-state index contributed by atoms with van der Waals surface area (Å²) < 4.78 is 7.60. The summed E-state index contributed by atoms with van der Waals surface area (Å²) in [5, 5.41) is 4.77. The lowest BCUT2D eigenvalue weighted by atomic mass is 9.92. The van der Waals surface area contributed by atoms with Gasteiger partial charge in [-0.1, -0.05) is 20.8 Å². The maximum atomic E-state index is 5.61. The highest BCUT2D eigenvalue weighted by Crippen LogP contribution is 2.28. The van der Waals surface area contributed by atoms with Crippen molar-refractivity contribution in [3.8, 4) is 0 Å². The van der Waals surface area contributed by atoms with Crippen molar-refractivity contribution in [1.29, 1.82) is 0 Å². The van der Waals surface area contributed by atoms with Crippen molar-refractivity contribution in [1.82, 2.24) is 19.5 Å². The number of aromatic nitrogens is 3. The van der Waals surface area contributed by atoms with Crippen LogP contribution in [0.5, 0.6) is 0 Å². The van der Waals surface area contributed by atoms with E-state index in [1.165, 1.54) is 19.4 Å². The predicted octanol–water partition coefficient (Wildman–Crippen LogP) is 2.72. The van der Waals surface area contributed by atoms with Crippen LogP contribution in [0.1, 0.15) is 45.7 Å². The van der Waals surface area contributed by atoms with Gasteiger partial charge in [0, 0.05) is 56.6 Å². The number of ether oxygens (including phenoxy) is 1. The smallest absolute Gasteiger partial charge is 0.154 e. The van der Waals surface area contributed by atoms with Gasteiger partial charge in [0.1, 0.15) is 5.52 Å². The van der Waals surface area contributed by atoms with Gasteiger partial charge >= 0.3 is 0 Å². The molecule has 142 valence electrons. The maximum absolute atomic E-state index is 5.61. The Morgan fingerprint density at radius 2 is 1.88 bits per heavy atom. The van der Waals surface area contributed by atoms with Crippen LogP contribution in [0.4, 0.5) is 5.82 Å². The summed E-state index contributed by atoms with van der Waals surface area (Å²) in [6.45, 7) is 12.8. The van der Waals surface area contributed by atoms with Gasteiger partial charge in [-0.3, -0.25) is 4.90 Å². The molecule has 4 heterocycles. The van der Waals surface area contributed by atoms with E-state index in [9.17, 15) is 0 Å². The first kappa shape index (κ1) is 17.7. The van der Waals surface area contributed by atoms with Crippen LogP contribution in [0.15, 0.2) is 18.5 Å². The van der Waals surface area contributed by atoms with Crippen molar-refractivity contribution in [2.45, 2.75) is 51.5 Å². The Bertz CT molecular complexity index is 734. The molecule has 0 aromatic carbocycles. The lowest BCUT2D eigenvalue weighted by Gasteiger charge is -2.38. The van der Waals surface area contributed by atoms with Gasteiger partial charge in [0.2, 0.25) is 0 Å². The zero-order valence-corrected chi connectivity index (χ0v) is 16.3. The maximum Gasteiger partial charge on any atom is 0.154 e. The Morgan fingerprint density at radius 3 is 2.65 bits per heavy atom. The van der Waals surface area contributed by atoms with E-state index in [1.54, 1.807) is 0 Å². The molecular formula is C20H31N5O. The van der Waals surface area contributed by atoms with E-state index in [2.05, 4.69) is 36.6 Å². The first-order chi connectivity index (χ1) is 12.5. The zero-order valence-electron chi connectivity index (χ0n) is 16.3. The highest BCUT2D eigenvalue weighted by molar-refractivity contribution is 5.69. The molecule has 0 amide bonds. The van der Waals surface area contributed by atoms with Gasteiger partial charge in [-0.15, -0.1) is 0 Å². The molecule has 0 bridgehead atoms. The molecule has 2 saturated heterocycles. The van der Waals surface area contributed by atoms with Gasteiger partial charge in [0.25, 0.3) is 0 Å². The lowest BCUT2D eigenvalue weighted by Crippen LogP contribution is -2.46. The van der Waals surface area contributed by atoms with Gasteiger partial charge in [-0.05, 0) is 25.3 Å². The summed E-state index contributed by atoms with van der Waals surface area (Å²) in [5.41, 5.74) is 2.29. The normalized spacial score (nSPS) is 21.3. The molecule has 0 unspecified atom stereocenters. The Morgan fingerprint density at radius 1 is 1.08 bits per heavy atom. The van der Waals surface area contributed by atoms with Crippen LogP contribution in [0, 0.1) is 0 Å². The topological polar surface area (TPSA) is 45.9 Å². The molecule has 4 rings (SSSR count). The van der Waals surface area contributed by atoms with Crippen LogP contribution in [0.3, 0.4) is 0 Å². The molecule has 2 fully saturated rings. The molecule has 6 nitrogen and oxygen atoms in total. The first-order valence-corrected chi connectivity index (χ1v) is 9.94. The quantitative estimate of drug-likeness (QED) is 0.827. The molecule has 0 saturated carbocycles. The van der Waals surface area contributed by atoms with Crippen LogP contribution >= 0.6 is 0 Å². The summed E-state index contributed by atoms with van der Waals surface area (Å²) in [4.78, 5) is 9.78. The van der Waals surface area contributed by atoms with Crippen LogP contribution < -0.4 is 4.90 Å². The number of anilines is 1. The molecule has 0 N–H and O–H groups in total. The fraction of sp³-hybridized carbons (Fsp3) is 0.700. The number of hydrogen-bond donors (Lipinski definition) is 0. The SMILES string of the molecule is CC(C)(C)c1cc2c(N3CCC(N4CCCOCC4)CC3)nccn2n1. The Labute approximate surface area is 156 Å². The number of rotatable bonds is 2. The summed E-state index contributed by atoms with van der Waals surface area (Å²) in [6, 6.07) is 2.89. The summed E-state index contributed by atoms with van der Waals surface area (Å²) in [7, 11) is 0. The van der Waals surface area contributed by atoms with Gasteiger partial charge in [0.15, 0.2) is 5.82 Å². The Hall–Kier alpha value is -1.66. The summed E-state index contributed by atoms with van der Waals surface area (Å²) in [5.74, 6) is 1.08. The molecule has 2 aliphatic rings. The fourth-order valence-electron chi connectivity index (χ4n) is 4.09. The van der Waals surface area contributed by atoms with Crippen LogP contribution in [0.2, 0.25) is 0 Å². The number of hydrogen-bond acceptors (Lipinski definition) is 5. The molecule has 2 aromatic heterocycles. The third kappa shape index (κ3) is 3.58. The molecule has 0 aliphatic carbocycles. The van der Waals surface area contributed by atoms with Crippen molar-refractivity contribution >= 4 is 11.3 Å². The second-order valence-corrected chi connectivity index (χ2v) is 8.58. The van der Waals surface area contributed by atoms with E-state index in [-0.39, 0.29) is 5.41 Å². The average Bonchev–Trinajstić information content (AvgIpc) is 2.90. The van der Waals surface area contributed by atoms with E-state index in [4.69, 9.17) is 14.8 Å². The molecule has 6 heteroatoms. The average molecular weight is 358 g/mol. The van der Waals surface area contributed by atoms with Crippen molar-refractivity contribution in [2.75, 3.05) is 44.3 Å². The largest absolute Gasteiger partial charge is 0.380 e. The second kappa shape index (κ2) is 7.16. The lowest BCUT2D eigenvalue weighted by molar-refractivity contribution is 0.125. The van der Waals surface area contributed by atoms with Crippen molar-refractivity contribution in [3.05, 3.63) is 24.2 Å².